The van der Waals surface area contributed by atoms with E-state index in [0.29, 0.717) is 6.61 Å². The van der Waals surface area contributed by atoms with E-state index >= 15 is 0 Å². The van der Waals surface area contributed by atoms with Gasteiger partial charge in [-0.05, 0) is 31.2 Å². The van der Waals surface area contributed by atoms with Crippen LogP contribution >= 0.6 is 0 Å². The van der Waals surface area contributed by atoms with E-state index in [1.54, 1.807) is 12.1 Å². The minimum atomic E-state index is -0.147. The molecule has 0 unspecified atom stereocenters. The predicted molar refractivity (Wildman–Crippen MR) is 90.6 cm³/mol. The van der Waals surface area contributed by atoms with Crippen LogP contribution in [0.5, 0.6) is 5.75 Å². The summed E-state index contributed by atoms with van der Waals surface area (Å²) in [4.78, 5) is 3.89. The maximum absolute atomic E-state index is 13.3. The van der Waals surface area contributed by atoms with Crippen molar-refractivity contribution < 1.29 is 14.0 Å². The highest BCUT2D eigenvalue weighted by atomic mass is 19.1. The number of para-hydroxylation sites is 2. The van der Waals surface area contributed by atoms with Crippen LogP contribution in [-0.2, 0) is 6.54 Å². The van der Waals surface area contributed by atoms with E-state index in [2.05, 4.69) is 17.0 Å². The first-order valence-electron chi connectivity index (χ1n) is 8.31. The summed E-state index contributed by atoms with van der Waals surface area (Å²) in [7, 11) is 0. The van der Waals surface area contributed by atoms with Gasteiger partial charge in [-0.25, -0.2) is 4.39 Å². The largest absolute Gasteiger partial charge is 0.492 e. The fourth-order valence-electron chi connectivity index (χ4n) is 3.17. The third kappa shape index (κ3) is 4.02. The first kappa shape index (κ1) is 15.8. The summed E-state index contributed by atoms with van der Waals surface area (Å²) >= 11 is 0. The first-order valence-corrected chi connectivity index (χ1v) is 8.31. The molecule has 1 heterocycles. The van der Waals surface area contributed by atoms with E-state index in [4.69, 9.17) is 4.74 Å². The molecule has 1 aliphatic rings. The normalized spacial score (nSPS) is 15.7. The Bertz CT molecular complexity index is 639. The van der Waals surface area contributed by atoms with Gasteiger partial charge in [0.1, 0.15) is 18.1 Å². The third-order valence-corrected chi connectivity index (χ3v) is 4.32. The minimum absolute atomic E-state index is 0.147. The third-order valence-electron chi connectivity index (χ3n) is 4.32. The molecule has 0 amide bonds. The molecule has 1 aliphatic heterocycles. The average Bonchev–Trinajstić information content (AvgIpc) is 2.57. The van der Waals surface area contributed by atoms with Crippen LogP contribution in [0.15, 0.2) is 48.5 Å². The summed E-state index contributed by atoms with van der Waals surface area (Å²) in [5.41, 5.74) is 2.25. The number of rotatable bonds is 5. The van der Waals surface area contributed by atoms with Gasteiger partial charge in [-0.15, -0.1) is 0 Å². The van der Waals surface area contributed by atoms with E-state index < -0.39 is 0 Å². The van der Waals surface area contributed by atoms with E-state index in [1.165, 1.54) is 16.7 Å². The predicted octanol–water partition coefficient (Wildman–Crippen LogP) is 2.13. The molecule has 0 atom stereocenters. The lowest BCUT2D eigenvalue weighted by molar-refractivity contribution is -0.914. The second kappa shape index (κ2) is 7.47. The zero-order valence-electron chi connectivity index (χ0n) is 13.6. The zero-order valence-corrected chi connectivity index (χ0v) is 13.6. The molecular formula is C19H24FN2O+. The summed E-state index contributed by atoms with van der Waals surface area (Å²) in [6.45, 7) is 7.68. The van der Waals surface area contributed by atoms with Gasteiger partial charge in [0, 0.05) is 5.56 Å². The van der Waals surface area contributed by atoms with Gasteiger partial charge < -0.3 is 14.5 Å². The van der Waals surface area contributed by atoms with E-state index in [0.717, 1.165) is 44.0 Å². The number of benzene rings is 2. The summed E-state index contributed by atoms with van der Waals surface area (Å²) in [6.07, 6.45) is 0. The van der Waals surface area contributed by atoms with E-state index in [-0.39, 0.29) is 5.82 Å². The Morgan fingerprint density at radius 1 is 1.09 bits per heavy atom. The standard InChI is InChI=1S/C19H23FN2O/c1-2-23-19-9-4-3-8-18(19)22-12-10-21(11-13-22)15-16-6-5-7-17(20)14-16/h3-9,14H,2,10-13,15H2,1H3/p+1. The number of hydrogen-bond donors (Lipinski definition) is 1. The number of halogens is 1. The molecule has 0 saturated carbocycles. The van der Waals surface area contributed by atoms with E-state index in [9.17, 15) is 4.39 Å². The van der Waals surface area contributed by atoms with Crippen LogP contribution in [0.1, 0.15) is 12.5 Å². The molecule has 4 heteroatoms. The molecule has 0 aliphatic carbocycles. The maximum Gasteiger partial charge on any atom is 0.142 e. The van der Waals surface area contributed by atoms with Crippen molar-refractivity contribution in [3.05, 3.63) is 59.9 Å². The molecule has 3 nitrogen and oxygen atoms in total. The SMILES string of the molecule is CCOc1ccccc1N1CC[NH+](Cc2cccc(F)c2)CC1. The topological polar surface area (TPSA) is 16.9 Å². The number of ether oxygens (including phenoxy) is 1. The van der Waals surface area contributed by atoms with Crippen molar-refractivity contribution in [2.75, 3.05) is 37.7 Å². The van der Waals surface area contributed by atoms with E-state index in [1.807, 2.05) is 25.1 Å². The lowest BCUT2D eigenvalue weighted by Gasteiger charge is -2.34. The van der Waals surface area contributed by atoms with Crippen molar-refractivity contribution in [3.63, 3.8) is 0 Å². The number of nitrogens with one attached hydrogen (secondary N) is 1. The monoisotopic (exact) mass is 315 g/mol. The highest BCUT2D eigenvalue weighted by molar-refractivity contribution is 5.58. The van der Waals surface area contributed by atoms with Gasteiger partial charge in [0.2, 0.25) is 0 Å². The fraction of sp³-hybridized carbons (Fsp3) is 0.368. The lowest BCUT2D eigenvalue weighted by atomic mass is 10.2. The second-order valence-electron chi connectivity index (χ2n) is 5.94. The summed E-state index contributed by atoms with van der Waals surface area (Å²) in [5.74, 6) is 0.815. The van der Waals surface area contributed by atoms with Crippen LogP contribution in [0, 0.1) is 5.82 Å². The van der Waals surface area contributed by atoms with Crippen molar-refractivity contribution in [2.45, 2.75) is 13.5 Å². The molecular weight excluding hydrogens is 291 g/mol. The Morgan fingerprint density at radius 3 is 2.61 bits per heavy atom. The summed E-state index contributed by atoms with van der Waals surface area (Å²) < 4.78 is 19.0. The number of quaternary nitrogens is 1. The number of nitrogens with zero attached hydrogens (tertiary/aromatic N) is 1. The average molecular weight is 315 g/mol. The highest BCUT2D eigenvalue weighted by Gasteiger charge is 2.22. The molecule has 0 spiro atoms. The molecule has 1 fully saturated rings. The molecule has 23 heavy (non-hydrogen) atoms. The van der Waals surface area contributed by atoms with Crippen molar-refractivity contribution in [2.24, 2.45) is 0 Å². The molecule has 3 rings (SSSR count). The smallest absolute Gasteiger partial charge is 0.142 e. The van der Waals surface area contributed by atoms with Crippen molar-refractivity contribution in [1.29, 1.82) is 0 Å². The molecule has 0 bridgehead atoms. The van der Waals surface area contributed by atoms with Gasteiger partial charge in [0.05, 0.1) is 38.5 Å². The quantitative estimate of drug-likeness (QED) is 0.910. The van der Waals surface area contributed by atoms with Gasteiger partial charge >= 0.3 is 0 Å². The second-order valence-corrected chi connectivity index (χ2v) is 5.94. The van der Waals surface area contributed by atoms with Gasteiger partial charge in [-0.3, -0.25) is 0 Å². The molecule has 0 aromatic heterocycles. The van der Waals surface area contributed by atoms with Crippen molar-refractivity contribution in [1.82, 2.24) is 0 Å². The Balaban J connectivity index is 1.60. The van der Waals surface area contributed by atoms with Crippen LogP contribution in [-0.4, -0.2) is 32.8 Å². The molecule has 2 aromatic rings. The zero-order chi connectivity index (χ0) is 16.1. The van der Waals surface area contributed by atoms with Crippen LogP contribution in [0.25, 0.3) is 0 Å². The fourth-order valence-corrected chi connectivity index (χ4v) is 3.17. The summed E-state index contributed by atoms with van der Waals surface area (Å²) in [6, 6.07) is 15.2. The van der Waals surface area contributed by atoms with Crippen molar-refractivity contribution in [3.8, 4) is 5.75 Å². The van der Waals surface area contributed by atoms with Crippen LogP contribution < -0.4 is 14.5 Å². The first-order chi connectivity index (χ1) is 11.3. The number of piperazine rings is 1. The van der Waals surface area contributed by atoms with Gasteiger partial charge in [0.25, 0.3) is 0 Å². The van der Waals surface area contributed by atoms with Crippen LogP contribution in [0.2, 0.25) is 0 Å². The minimum Gasteiger partial charge on any atom is -0.492 e. The Labute approximate surface area is 137 Å². The summed E-state index contributed by atoms with van der Waals surface area (Å²) in [5, 5.41) is 0. The van der Waals surface area contributed by atoms with Gasteiger partial charge in [-0.2, -0.15) is 0 Å². The van der Waals surface area contributed by atoms with Crippen LogP contribution in [0.4, 0.5) is 10.1 Å². The Kier molecular flexibility index (Phi) is 5.13. The van der Waals surface area contributed by atoms with Gasteiger partial charge in [-0.1, -0.05) is 24.3 Å². The molecule has 1 saturated heterocycles. The highest BCUT2D eigenvalue weighted by Crippen LogP contribution is 2.27. The Hall–Kier alpha value is -2.07. The maximum atomic E-state index is 13.3. The Morgan fingerprint density at radius 2 is 1.87 bits per heavy atom. The number of hydrogen-bond acceptors (Lipinski definition) is 2. The van der Waals surface area contributed by atoms with Crippen molar-refractivity contribution >= 4 is 5.69 Å². The van der Waals surface area contributed by atoms with Gasteiger partial charge in [0.15, 0.2) is 0 Å². The molecule has 0 radical (unpaired) electrons. The molecule has 1 N–H and O–H groups in total. The van der Waals surface area contributed by atoms with Crippen LogP contribution in [0.3, 0.4) is 0 Å². The molecule has 2 aromatic carbocycles. The molecule has 122 valence electrons. The lowest BCUT2D eigenvalue weighted by Crippen LogP contribution is -3.13. The number of anilines is 1.